The molecule has 0 saturated carbocycles. The van der Waals surface area contributed by atoms with Crippen LogP contribution in [0.25, 0.3) is 6.08 Å². The van der Waals surface area contributed by atoms with E-state index in [-0.39, 0.29) is 5.91 Å². The first-order chi connectivity index (χ1) is 18.1. The van der Waals surface area contributed by atoms with E-state index in [1.807, 2.05) is 109 Å². The van der Waals surface area contributed by atoms with Crippen molar-refractivity contribution in [3.63, 3.8) is 0 Å². The molecule has 184 valence electrons. The molecule has 4 aromatic rings. The van der Waals surface area contributed by atoms with Crippen LogP contribution < -0.4 is 14.4 Å². The molecule has 1 fully saturated rings. The third kappa shape index (κ3) is 5.79. The Hall–Kier alpha value is -3.81. The number of hydrogen-bond donors (Lipinski definition) is 0. The van der Waals surface area contributed by atoms with Crippen LogP contribution >= 0.6 is 27.7 Å². The Balaban J connectivity index is 1.47. The zero-order valence-corrected chi connectivity index (χ0v) is 22.4. The van der Waals surface area contributed by atoms with Crippen molar-refractivity contribution in [3.8, 4) is 11.5 Å². The van der Waals surface area contributed by atoms with Gasteiger partial charge in [0.2, 0.25) is 0 Å². The summed E-state index contributed by atoms with van der Waals surface area (Å²) in [6.07, 6.45) is 1.85. The van der Waals surface area contributed by atoms with Crippen molar-refractivity contribution in [2.24, 2.45) is 4.99 Å². The molecule has 0 N–H and O–H groups in total. The first-order valence-electron chi connectivity index (χ1n) is 11.6. The summed E-state index contributed by atoms with van der Waals surface area (Å²) in [5.41, 5.74) is 3.41. The Morgan fingerprint density at radius 2 is 1.57 bits per heavy atom. The molecule has 5 rings (SSSR count). The second-order valence-corrected chi connectivity index (χ2v) is 9.99. The fourth-order valence-corrected chi connectivity index (χ4v) is 5.39. The SMILES string of the molecule is COc1cc(/C=C2\SC(=Nc3ccccc3)N(c3ccccc3)C2=O)cc(Br)c1OCc1ccccc1. The minimum Gasteiger partial charge on any atom is -0.493 e. The number of amidine groups is 1. The Morgan fingerprint density at radius 1 is 0.919 bits per heavy atom. The number of benzene rings is 4. The number of halogens is 1. The third-order valence-corrected chi connectivity index (χ3v) is 7.14. The average molecular weight is 571 g/mol. The minimum absolute atomic E-state index is 0.134. The number of carbonyl (C=O) groups is 1. The lowest BCUT2D eigenvalue weighted by Gasteiger charge is -2.15. The van der Waals surface area contributed by atoms with Crippen LogP contribution in [0.1, 0.15) is 11.1 Å². The van der Waals surface area contributed by atoms with Gasteiger partial charge in [-0.15, -0.1) is 0 Å². The molecule has 1 heterocycles. The van der Waals surface area contributed by atoms with Gasteiger partial charge >= 0.3 is 0 Å². The molecule has 0 aliphatic carbocycles. The van der Waals surface area contributed by atoms with Crippen LogP contribution in [0.2, 0.25) is 0 Å². The summed E-state index contributed by atoms with van der Waals surface area (Å²) in [6, 6.07) is 32.9. The second kappa shape index (κ2) is 11.5. The fraction of sp³-hybridized carbons (Fsp3) is 0.0667. The van der Waals surface area contributed by atoms with E-state index in [9.17, 15) is 4.79 Å². The fourth-order valence-electron chi connectivity index (χ4n) is 3.81. The summed E-state index contributed by atoms with van der Waals surface area (Å²) in [5.74, 6) is 1.05. The number of anilines is 1. The molecule has 7 heteroatoms. The highest BCUT2D eigenvalue weighted by molar-refractivity contribution is 9.10. The zero-order chi connectivity index (χ0) is 25.6. The van der Waals surface area contributed by atoms with Crippen LogP contribution in [-0.2, 0) is 11.4 Å². The van der Waals surface area contributed by atoms with Crippen molar-refractivity contribution in [3.05, 3.63) is 124 Å². The molecule has 5 nitrogen and oxygen atoms in total. The van der Waals surface area contributed by atoms with Crippen molar-refractivity contribution >= 4 is 56.2 Å². The van der Waals surface area contributed by atoms with E-state index in [0.717, 1.165) is 27.0 Å². The smallest absolute Gasteiger partial charge is 0.271 e. The maximum Gasteiger partial charge on any atom is 0.271 e. The van der Waals surface area contributed by atoms with Crippen molar-refractivity contribution < 1.29 is 14.3 Å². The van der Waals surface area contributed by atoms with Gasteiger partial charge in [0.1, 0.15) is 6.61 Å². The van der Waals surface area contributed by atoms with Gasteiger partial charge in [-0.05, 0) is 81.3 Å². The van der Waals surface area contributed by atoms with E-state index in [4.69, 9.17) is 14.5 Å². The topological polar surface area (TPSA) is 51.1 Å². The second-order valence-electron chi connectivity index (χ2n) is 8.13. The quantitative estimate of drug-likeness (QED) is 0.212. The van der Waals surface area contributed by atoms with Gasteiger partial charge in [0, 0.05) is 0 Å². The molecular formula is C30H23BrN2O3S. The molecule has 0 unspecified atom stereocenters. The highest BCUT2D eigenvalue weighted by Gasteiger charge is 2.34. The van der Waals surface area contributed by atoms with Crippen LogP contribution in [0.5, 0.6) is 11.5 Å². The zero-order valence-electron chi connectivity index (χ0n) is 20.0. The predicted octanol–water partition coefficient (Wildman–Crippen LogP) is 7.85. The van der Waals surface area contributed by atoms with Gasteiger partial charge < -0.3 is 9.47 Å². The lowest BCUT2D eigenvalue weighted by molar-refractivity contribution is -0.113. The molecule has 0 aromatic heterocycles. The Kier molecular flexibility index (Phi) is 7.73. The summed E-state index contributed by atoms with van der Waals surface area (Å²) in [4.78, 5) is 20.5. The lowest BCUT2D eigenvalue weighted by Crippen LogP contribution is -2.28. The van der Waals surface area contributed by atoms with E-state index in [1.54, 1.807) is 12.0 Å². The summed E-state index contributed by atoms with van der Waals surface area (Å²) in [7, 11) is 1.60. The molecule has 0 radical (unpaired) electrons. The highest BCUT2D eigenvalue weighted by Crippen LogP contribution is 2.41. The predicted molar refractivity (Wildman–Crippen MR) is 155 cm³/mol. The molecular weight excluding hydrogens is 548 g/mol. The number of rotatable bonds is 7. The average Bonchev–Trinajstić information content (AvgIpc) is 3.23. The number of carbonyl (C=O) groups excluding carboxylic acids is 1. The number of amides is 1. The standard InChI is InChI=1S/C30H23BrN2O3S/c1-35-26-18-22(17-25(31)28(26)36-20-21-11-5-2-6-12-21)19-27-29(34)33(24-15-9-4-10-16-24)30(37-27)32-23-13-7-3-8-14-23/h2-19H,20H2,1H3/b27-19-,32-30?. The molecule has 0 spiro atoms. The van der Waals surface area contributed by atoms with E-state index >= 15 is 0 Å². The number of hydrogen-bond acceptors (Lipinski definition) is 5. The van der Waals surface area contributed by atoms with Crippen molar-refractivity contribution in [1.82, 2.24) is 0 Å². The van der Waals surface area contributed by atoms with Gasteiger partial charge in [0.25, 0.3) is 5.91 Å². The molecule has 1 amide bonds. The van der Waals surface area contributed by atoms with Crippen molar-refractivity contribution in [2.75, 3.05) is 12.0 Å². The third-order valence-electron chi connectivity index (χ3n) is 5.58. The molecule has 0 atom stereocenters. The normalized spacial score (nSPS) is 15.4. The van der Waals surface area contributed by atoms with E-state index in [2.05, 4.69) is 15.9 Å². The van der Waals surface area contributed by atoms with Gasteiger partial charge in [-0.2, -0.15) is 0 Å². The number of para-hydroxylation sites is 2. The monoisotopic (exact) mass is 570 g/mol. The van der Waals surface area contributed by atoms with Gasteiger partial charge in [-0.1, -0.05) is 66.7 Å². The Labute approximate surface area is 228 Å². The number of thioether (sulfide) groups is 1. The van der Waals surface area contributed by atoms with Crippen LogP contribution in [0, 0.1) is 0 Å². The van der Waals surface area contributed by atoms with E-state index < -0.39 is 0 Å². The van der Waals surface area contributed by atoms with Crippen LogP contribution in [0.3, 0.4) is 0 Å². The van der Waals surface area contributed by atoms with Gasteiger partial charge in [-0.3, -0.25) is 9.69 Å². The van der Waals surface area contributed by atoms with Crippen LogP contribution in [-0.4, -0.2) is 18.2 Å². The summed E-state index contributed by atoms with van der Waals surface area (Å²) in [6.45, 7) is 0.413. The van der Waals surface area contributed by atoms with Crippen LogP contribution in [0.4, 0.5) is 11.4 Å². The van der Waals surface area contributed by atoms with Crippen molar-refractivity contribution in [1.29, 1.82) is 0 Å². The van der Waals surface area contributed by atoms with Crippen LogP contribution in [0.15, 0.2) is 117 Å². The molecule has 1 saturated heterocycles. The first-order valence-corrected chi connectivity index (χ1v) is 13.2. The van der Waals surface area contributed by atoms with Crippen molar-refractivity contribution in [2.45, 2.75) is 6.61 Å². The Morgan fingerprint density at radius 3 is 2.24 bits per heavy atom. The number of methoxy groups -OCH3 is 1. The summed E-state index contributed by atoms with van der Waals surface area (Å²) in [5, 5.41) is 0.600. The van der Waals surface area contributed by atoms with Gasteiger partial charge in [-0.25, -0.2) is 4.99 Å². The molecule has 1 aliphatic rings. The molecule has 4 aromatic carbocycles. The number of ether oxygens (including phenoxy) is 2. The minimum atomic E-state index is -0.134. The highest BCUT2D eigenvalue weighted by atomic mass is 79.9. The molecule has 0 bridgehead atoms. The number of nitrogens with zero attached hydrogens (tertiary/aromatic N) is 2. The lowest BCUT2D eigenvalue weighted by atomic mass is 10.1. The van der Waals surface area contributed by atoms with E-state index in [1.165, 1.54) is 11.8 Å². The molecule has 1 aliphatic heterocycles. The van der Waals surface area contributed by atoms with Gasteiger partial charge in [0.05, 0.1) is 27.9 Å². The largest absolute Gasteiger partial charge is 0.493 e. The maximum atomic E-state index is 13.6. The van der Waals surface area contributed by atoms with E-state index in [0.29, 0.717) is 28.2 Å². The van der Waals surface area contributed by atoms with Gasteiger partial charge in [0.15, 0.2) is 16.7 Å². The Bertz CT molecular complexity index is 1460. The number of aliphatic imine (C=N–C) groups is 1. The first kappa shape index (κ1) is 24.9. The summed E-state index contributed by atoms with van der Waals surface area (Å²) < 4.78 is 12.4. The summed E-state index contributed by atoms with van der Waals surface area (Å²) >= 11 is 4.96. The molecule has 37 heavy (non-hydrogen) atoms. The maximum absolute atomic E-state index is 13.6.